The van der Waals surface area contributed by atoms with Crippen LogP contribution in [-0.4, -0.2) is 16.6 Å². The summed E-state index contributed by atoms with van der Waals surface area (Å²) >= 11 is 0. The van der Waals surface area contributed by atoms with Crippen molar-refractivity contribution in [2.45, 2.75) is 38.1 Å². The second kappa shape index (κ2) is 4.69. The van der Waals surface area contributed by atoms with E-state index in [4.69, 9.17) is 0 Å². The minimum absolute atomic E-state index is 0.139. The summed E-state index contributed by atoms with van der Waals surface area (Å²) in [5.41, 5.74) is 0.509. The zero-order chi connectivity index (χ0) is 13.2. The van der Waals surface area contributed by atoms with Gasteiger partial charge in [0.25, 0.3) is 5.91 Å². The number of rotatable bonds is 2. The third-order valence-corrected chi connectivity index (χ3v) is 3.48. The van der Waals surface area contributed by atoms with Gasteiger partial charge in [0.2, 0.25) is 0 Å². The van der Waals surface area contributed by atoms with Crippen molar-refractivity contribution >= 4 is 5.91 Å². The number of hydrogen-bond donors (Lipinski definition) is 2. The molecule has 2 rings (SSSR count). The first-order valence-electron chi connectivity index (χ1n) is 6.10. The van der Waals surface area contributed by atoms with Gasteiger partial charge < -0.3 is 10.4 Å². The summed E-state index contributed by atoms with van der Waals surface area (Å²) in [6.07, 6.45) is 3.38. The molecule has 0 aromatic heterocycles. The molecule has 2 N–H and O–H groups in total. The van der Waals surface area contributed by atoms with E-state index >= 15 is 0 Å². The van der Waals surface area contributed by atoms with Crippen molar-refractivity contribution in [3.8, 4) is 11.8 Å². The average molecular weight is 244 g/mol. The zero-order valence-electron chi connectivity index (χ0n) is 10.4. The van der Waals surface area contributed by atoms with Crippen molar-refractivity contribution in [1.29, 1.82) is 5.26 Å². The Balaban J connectivity index is 2.19. The number of carbonyl (C=O) groups excluding carboxylic acids is 1. The number of nitrogens with zero attached hydrogens (tertiary/aromatic N) is 1. The molecule has 0 unspecified atom stereocenters. The lowest BCUT2D eigenvalue weighted by Gasteiger charge is -2.22. The molecule has 4 heteroatoms. The monoisotopic (exact) mass is 244 g/mol. The van der Waals surface area contributed by atoms with Crippen molar-refractivity contribution in [2.24, 2.45) is 0 Å². The van der Waals surface area contributed by atoms with Gasteiger partial charge in [-0.3, -0.25) is 4.79 Å². The Morgan fingerprint density at radius 2 is 2.11 bits per heavy atom. The number of nitriles is 1. The summed E-state index contributed by atoms with van der Waals surface area (Å²) in [7, 11) is 0. The van der Waals surface area contributed by atoms with Crippen LogP contribution in [0, 0.1) is 18.3 Å². The maximum absolute atomic E-state index is 12.2. The van der Waals surface area contributed by atoms with Crippen molar-refractivity contribution in [1.82, 2.24) is 5.32 Å². The molecule has 0 atom stereocenters. The van der Waals surface area contributed by atoms with Crippen molar-refractivity contribution < 1.29 is 9.90 Å². The molecule has 0 radical (unpaired) electrons. The average Bonchev–Trinajstić information content (AvgIpc) is 2.78. The molecule has 1 aromatic rings. The highest BCUT2D eigenvalue weighted by Crippen LogP contribution is 2.29. The fourth-order valence-electron chi connectivity index (χ4n) is 2.43. The first-order valence-corrected chi connectivity index (χ1v) is 6.10. The molecule has 1 saturated carbocycles. The molecular formula is C14H16N2O2. The number of amides is 1. The van der Waals surface area contributed by atoms with Gasteiger partial charge >= 0.3 is 0 Å². The van der Waals surface area contributed by atoms with Crippen LogP contribution in [-0.2, 0) is 0 Å². The van der Waals surface area contributed by atoms with Gasteiger partial charge in [0.05, 0.1) is 6.07 Å². The first kappa shape index (κ1) is 12.4. The van der Waals surface area contributed by atoms with E-state index < -0.39 is 5.54 Å². The van der Waals surface area contributed by atoms with Crippen molar-refractivity contribution in [3.63, 3.8) is 0 Å². The Morgan fingerprint density at radius 3 is 2.67 bits per heavy atom. The Hall–Kier alpha value is -2.02. The number of aryl methyl sites for hydroxylation is 1. The molecule has 0 spiro atoms. The molecule has 0 bridgehead atoms. The van der Waals surface area contributed by atoms with E-state index in [0.717, 1.165) is 12.8 Å². The standard InChI is InChI=1S/C14H16N2O2/c1-10-8-11(17)4-5-12(10)13(18)16-14(9-15)6-2-3-7-14/h4-5,8,17H,2-3,6-7H2,1H3,(H,16,18). The highest BCUT2D eigenvalue weighted by molar-refractivity contribution is 5.96. The second-order valence-corrected chi connectivity index (χ2v) is 4.85. The third-order valence-electron chi connectivity index (χ3n) is 3.48. The van der Waals surface area contributed by atoms with Gasteiger partial charge in [-0.15, -0.1) is 0 Å². The Morgan fingerprint density at radius 1 is 1.44 bits per heavy atom. The molecule has 94 valence electrons. The highest BCUT2D eigenvalue weighted by atomic mass is 16.3. The van der Waals surface area contributed by atoms with E-state index in [2.05, 4.69) is 11.4 Å². The van der Waals surface area contributed by atoms with Crippen LogP contribution in [0.2, 0.25) is 0 Å². The lowest BCUT2D eigenvalue weighted by molar-refractivity contribution is 0.0920. The minimum atomic E-state index is -0.707. The molecule has 1 amide bonds. The number of hydrogen-bond acceptors (Lipinski definition) is 3. The van der Waals surface area contributed by atoms with Crippen LogP contribution in [0.5, 0.6) is 5.75 Å². The summed E-state index contributed by atoms with van der Waals surface area (Å²) in [5, 5.41) is 21.4. The van der Waals surface area contributed by atoms with Crippen LogP contribution in [0.15, 0.2) is 18.2 Å². The number of phenolic OH excluding ortho intramolecular Hbond substituents is 1. The molecule has 0 saturated heterocycles. The summed E-state index contributed by atoms with van der Waals surface area (Å²) in [5.74, 6) is -0.101. The first-order chi connectivity index (χ1) is 8.56. The summed E-state index contributed by atoms with van der Waals surface area (Å²) in [4.78, 5) is 12.2. The maximum atomic E-state index is 12.2. The largest absolute Gasteiger partial charge is 0.508 e. The van der Waals surface area contributed by atoms with E-state index in [9.17, 15) is 15.2 Å². The van der Waals surface area contributed by atoms with Gasteiger partial charge in [-0.05, 0) is 56.4 Å². The summed E-state index contributed by atoms with van der Waals surface area (Å²) < 4.78 is 0. The van der Waals surface area contributed by atoms with Gasteiger partial charge in [0.15, 0.2) is 0 Å². The van der Waals surface area contributed by atoms with Gasteiger partial charge in [0, 0.05) is 5.56 Å². The maximum Gasteiger partial charge on any atom is 0.252 e. The normalized spacial score (nSPS) is 17.1. The zero-order valence-corrected chi connectivity index (χ0v) is 10.4. The number of benzene rings is 1. The molecule has 18 heavy (non-hydrogen) atoms. The van der Waals surface area contributed by atoms with Crippen LogP contribution in [0.25, 0.3) is 0 Å². The highest BCUT2D eigenvalue weighted by Gasteiger charge is 2.35. The summed E-state index contributed by atoms with van der Waals surface area (Å²) in [6.45, 7) is 1.77. The Kier molecular flexibility index (Phi) is 3.24. The Bertz CT molecular complexity index is 511. The second-order valence-electron chi connectivity index (χ2n) is 4.85. The molecule has 1 aliphatic carbocycles. The van der Waals surface area contributed by atoms with E-state index in [0.29, 0.717) is 24.0 Å². The van der Waals surface area contributed by atoms with Gasteiger partial charge in [0.1, 0.15) is 11.3 Å². The van der Waals surface area contributed by atoms with Crippen LogP contribution < -0.4 is 5.32 Å². The van der Waals surface area contributed by atoms with Gasteiger partial charge in [-0.25, -0.2) is 0 Å². The van der Waals surface area contributed by atoms with E-state index in [1.54, 1.807) is 19.1 Å². The molecule has 4 nitrogen and oxygen atoms in total. The van der Waals surface area contributed by atoms with E-state index in [1.807, 2.05) is 0 Å². The number of phenols is 1. The summed E-state index contributed by atoms with van der Waals surface area (Å²) in [6, 6.07) is 6.84. The lowest BCUT2D eigenvalue weighted by atomic mass is 9.98. The van der Waals surface area contributed by atoms with Gasteiger partial charge in [-0.2, -0.15) is 5.26 Å². The fraction of sp³-hybridized carbons (Fsp3) is 0.429. The van der Waals surface area contributed by atoms with Crippen LogP contribution in [0.4, 0.5) is 0 Å². The van der Waals surface area contributed by atoms with Crippen LogP contribution in [0.1, 0.15) is 41.6 Å². The number of carbonyl (C=O) groups is 1. The van der Waals surface area contributed by atoms with Crippen LogP contribution in [0.3, 0.4) is 0 Å². The fourth-order valence-corrected chi connectivity index (χ4v) is 2.43. The quantitative estimate of drug-likeness (QED) is 0.838. The van der Waals surface area contributed by atoms with E-state index in [1.165, 1.54) is 6.07 Å². The molecule has 0 heterocycles. The lowest BCUT2D eigenvalue weighted by Crippen LogP contribution is -2.45. The van der Waals surface area contributed by atoms with E-state index in [-0.39, 0.29) is 11.7 Å². The number of nitrogens with one attached hydrogen (secondary N) is 1. The van der Waals surface area contributed by atoms with Crippen molar-refractivity contribution in [3.05, 3.63) is 29.3 Å². The molecule has 0 aliphatic heterocycles. The minimum Gasteiger partial charge on any atom is -0.508 e. The topological polar surface area (TPSA) is 73.1 Å². The molecule has 1 fully saturated rings. The molecular weight excluding hydrogens is 228 g/mol. The SMILES string of the molecule is Cc1cc(O)ccc1C(=O)NC1(C#N)CCCC1. The molecule has 1 aromatic carbocycles. The van der Waals surface area contributed by atoms with Gasteiger partial charge in [-0.1, -0.05) is 0 Å². The molecule has 1 aliphatic rings. The Labute approximate surface area is 106 Å². The van der Waals surface area contributed by atoms with Crippen LogP contribution >= 0.6 is 0 Å². The van der Waals surface area contributed by atoms with Crippen molar-refractivity contribution in [2.75, 3.05) is 0 Å². The number of aromatic hydroxyl groups is 1. The smallest absolute Gasteiger partial charge is 0.252 e. The predicted octanol–water partition coefficient (Wildman–Crippen LogP) is 2.27. The predicted molar refractivity (Wildman–Crippen MR) is 67.1 cm³/mol. The third kappa shape index (κ3) is 2.30.